The fourth-order valence-electron chi connectivity index (χ4n) is 9.86. The molecule has 8 atom stereocenters. The van der Waals surface area contributed by atoms with Crippen molar-refractivity contribution in [2.75, 3.05) is 0 Å². The molecule has 0 unspecified atom stereocenters. The molecule has 0 aliphatic heterocycles. The molecule has 0 aromatic heterocycles. The Morgan fingerprint density at radius 2 is 1.77 bits per heavy atom. The third-order valence-electron chi connectivity index (χ3n) is 12.0. The zero-order valence-electron chi connectivity index (χ0n) is 25.7. The van der Waals surface area contributed by atoms with E-state index >= 15 is 0 Å². The van der Waals surface area contributed by atoms with Gasteiger partial charge in [0.2, 0.25) is 5.12 Å². The van der Waals surface area contributed by atoms with Crippen LogP contribution in [-0.2, 0) is 4.79 Å². The highest BCUT2D eigenvalue weighted by atomic mass is 32.2. The molecule has 0 N–H and O–H groups in total. The lowest BCUT2D eigenvalue weighted by Gasteiger charge is -2.58. The molecule has 2 heteroatoms. The largest absolute Gasteiger partial charge is 0.282 e. The Bertz CT molecular complexity index is 1070. The van der Waals surface area contributed by atoms with E-state index in [2.05, 4.69) is 52.8 Å². The van der Waals surface area contributed by atoms with Crippen molar-refractivity contribution in [2.45, 2.75) is 117 Å². The minimum absolute atomic E-state index is 0.259. The monoisotopic (exact) mass is 546 g/mol. The zero-order chi connectivity index (χ0) is 27.8. The molecule has 4 aliphatic rings. The number of benzene rings is 1. The molecule has 0 amide bonds. The number of allylic oxidation sites excluding steroid dienone is 2. The molecule has 0 heterocycles. The van der Waals surface area contributed by atoms with Crippen molar-refractivity contribution in [1.29, 1.82) is 0 Å². The predicted molar refractivity (Wildman–Crippen MR) is 170 cm³/mol. The summed E-state index contributed by atoms with van der Waals surface area (Å²) in [6.07, 6.45) is 19.6. The Balaban J connectivity index is 1.23. The molecule has 1 nitrogen and oxygen atoms in total. The Labute approximate surface area is 244 Å². The first-order valence-corrected chi connectivity index (χ1v) is 17.1. The molecule has 3 fully saturated rings. The van der Waals surface area contributed by atoms with Gasteiger partial charge in [-0.2, -0.15) is 0 Å². The van der Waals surface area contributed by atoms with Crippen LogP contribution in [0.15, 0.2) is 47.6 Å². The summed E-state index contributed by atoms with van der Waals surface area (Å²) in [4.78, 5) is 13.1. The second-order valence-electron chi connectivity index (χ2n) is 14.8. The van der Waals surface area contributed by atoms with Gasteiger partial charge in [-0.25, -0.2) is 0 Å². The van der Waals surface area contributed by atoms with E-state index in [1.54, 1.807) is 17.3 Å². The standard InChI is InChI=1S/C37H54OS/c1-25(2)11-10-12-26(3)32-17-18-33-31-16-15-29-24-30(19-21-36(29,5)34(31)20-22-37(32,33)6)39-35(38)27(4)23-28-13-8-7-9-14-28/h7-9,13-15,23,25-26,30-34H,10-12,16-22,24H2,1-6H3/b27-23+/t26-,30+,31+,32-,33+,34+,36+,37-/m1/s1. The minimum atomic E-state index is 0.259. The molecule has 0 saturated heterocycles. The van der Waals surface area contributed by atoms with Gasteiger partial charge in [-0.15, -0.1) is 0 Å². The summed E-state index contributed by atoms with van der Waals surface area (Å²) in [5.41, 5.74) is 4.61. The molecule has 4 aliphatic carbocycles. The van der Waals surface area contributed by atoms with Crippen molar-refractivity contribution in [2.24, 2.45) is 46.3 Å². The zero-order valence-corrected chi connectivity index (χ0v) is 26.5. The summed E-state index contributed by atoms with van der Waals surface area (Å²) in [6, 6.07) is 10.3. The van der Waals surface area contributed by atoms with Gasteiger partial charge < -0.3 is 0 Å². The second-order valence-corrected chi connectivity index (χ2v) is 16.1. The van der Waals surface area contributed by atoms with Crippen LogP contribution in [0.2, 0.25) is 0 Å². The second kappa shape index (κ2) is 11.9. The van der Waals surface area contributed by atoms with E-state index in [4.69, 9.17) is 0 Å². The fourth-order valence-corrected chi connectivity index (χ4v) is 10.9. The van der Waals surface area contributed by atoms with Crippen LogP contribution in [0.3, 0.4) is 0 Å². The third-order valence-corrected chi connectivity index (χ3v) is 13.3. The summed E-state index contributed by atoms with van der Waals surface area (Å²) in [6.45, 7) is 14.6. The Morgan fingerprint density at radius 1 is 1.00 bits per heavy atom. The van der Waals surface area contributed by atoms with Crippen LogP contribution in [0.4, 0.5) is 0 Å². The van der Waals surface area contributed by atoms with Crippen LogP contribution < -0.4 is 0 Å². The maximum Gasteiger partial charge on any atom is 0.215 e. The summed E-state index contributed by atoms with van der Waals surface area (Å²) in [7, 11) is 0. The molecule has 39 heavy (non-hydrogen) atoms. The van der Waals surface area contributed by atoms with Crippen LogP contribution >= 0.6 is 11.8 Å². The predicted octanol–water partition coefficient (Wildman–Crippen LogP) is 10.8. The Hall–Kier alpha value is -1.28. The average molecular weight is 547 g/mol. The number of thioether (sulfide) groups is 1. The molecule has 5 rings (SSSR count). The van der Waals surface area contributed by atoms with Crippen LogP contribution in [0.5, 0.6) is 0 Å². The topological polar surface area (TPSA) is 17.1 Å². The summed E-state index contributed by atoms with van der Waals surface area (Å²) < 4.78 is 0. The maximum absolute atomic E-state index is 13.1. The van der Waals surface area contributed by atoms with E-state index in [9.17, 15) is 4.79 Å². The van der Waals surface area contributed by atoms with E-state index in [0.29, 0.717) is 16.1 Å². The smallest absolute Gasteiger partial charge is 0.215 e. The van der Waals surface area contributed by atoms with E-state index in [1.165, 1.54) is 64.2 Å². The minimum Gasteiger partial charge on any atom is -0.282 e. The summed E-state index contributed by atoms with van der Waals surface area (Å²) in [5, 5.41) is 0.693. The van der Waals surface area contributed by atoms with Gasteiger partial charge in [-0.3, -0.25) is 4.79 Å². The van der Waals surface area contributed by atoms with E-state index in [-0.39, 0.29) is 5.12 Å². The van der Waals surface area contributed by atoms with Gasteiger partial charge in [0.25, 0.3) is 0 Å². The van der Waals surface area contributed by atoms with Crippen molar-refractivity contribution >= 4 is 23.0 Å². The summed E-state index contributed by atoms with van der Waals surface area (Å²) in [5.74, 6) is 5.30. The Kier molecular flexibility index (Phi) is 8.92. The van der Waals surface area contributed by atoms with Crippen molar-refractivity contribution in [3.8, 4) is 0 Å². The maximum atomic E-state index is 13.1. The van der Waals surface area contributed by atoms with Crippen molar-refractivity contribution in [3.05, 3.63) is 53.1 Å². The van der Waals surface area contributed by atoms with Crippen molar-refractivity contribution in [1.82, 2.24) is 0 Å². The van der Waals surface area contributed by atoms with Crippen molar-refractivity contribution in [3.63, 3.8) is 0 Å². The quantitative estimate of drug-likeness (QED) is 0.238. The first kappa shape index (κ1) is 29.2. The number of hydrogen-bond donors (Lipinski definition) is 0. The Morgan fingerprint density at radius 3 is 2.51 bits per heavy atom. The first-order chi connectivity index (χ1) is 18.6. The van der Waals surface area contributed by atoms with Crippen molar-refractivity contribution < 1.29 is 4.79 Å². The van der Waals surface area contributed by atoms with Crippen LogP contribution in [0, 0.1) is 46.3 Å². The highest BCUT2D eigenvalue weighted by Crippen LogP contribution is 2.67. The highest BCUT2D eigenvalue weighted by molar-refractivity contribution is 8.14. The first-order valence-electron chi connectivity index (χ1n) is 16.3. The van der Waals surface area contributed by atoms with Gasteiger partial charge in [-0.05, 0) is 116 Å². The van der Waals surface area contributed by atoms with Gasteiger partial charge in [0.1, 0.15) is 0 Å². The molecular formula is C37H54OS. The highest BCUT2D eigenvalue weighted by Gasteiger charge is 2.59. The lowest BCUT2D eigenvalue weighted by atomic mass is 9.47. The summed E-state index contributed by atoms with van der Waals surface area (Å²) >= 11 is 1.61. The van der Waals surface area contributed by atoms with E-state index < -0.39 is 0 Å². The van der Waals surface area contributed by atoms with Gasteiger partial charge in [0.15, 0.2) is 0 Å². The molecule has 0 bridgehead atoms. The van der Waals surface area contributed by atoms with Crippen LogP contribution in [0.1, 0.15) is 118 Å². The molecular weight excluding hydrogens is 492 g/mol. The van der Waals surface area contributed by atoms with Gasteiger partial charge in [0.05, 0.1) is 0 Å². The lowest BCUT2D eigenvalue weighted by Crippen LogP contribution is -2.50. The van der Waals surface area contributed by atoms with Crippen LogP contribution in [0.25, 0.3) is 6.08 Å². The van der Waals surface area contributed by atoms with Crippen LogP contribution in [-0.4, -0.2) is 10.4 Å². The molecule has 1 aromatic carbocycles. The van der Waals surface area contributed by atoms with Gasteiger partial charge in [0, 0.05) is 10.8 Å². The molecule has 214 valence electrons. The molecule has 3 saturated carbocycles. The number of hydrogen-bond acceptors (Lipinski definition) is 2. The number of carbonyl (C=O) groups is 1. The third kappa shape index (κ3) is 5.89. The number of fused-ring (bicyclic) bond motifs is 5. The fraction of sp³-hybridized carbons (Fsp3) is 0.703. The molecule has 0 spiro atoms. The lowest BCUT2D eigenvalue weighted by molar-refractivity contribution is -0.107. The average Bonchev–Trinajstić information content (AvgIpc) is 3.26. The van der Waals surface area contributed by atoms with Gasteiger partial charge in [-0.1, -0.05) is 108 Å². The molecule has 0 radical (unpaired) electrons. The molecule has 1 aromatic rings. The van der Waals surface area contributed by atoms with Gasteiger partial charge >= 0.3 is 0 Å². The number of rotatable bonds is 8. The van der Waals surface area contributed by atoms with E-state index in [1.807, 2.05) is 31.2 Å². The van der Waals surface area contributed by atoms with E-state index in [0.717, 1.165) is 53.1 Å². The normalized spacial score (nSPS) is 37.1. The SMILES string of the molecule is C/C(=C\c1ccccc1)C(=O)S[C@H]1CC[C@@]2(C)C(=CC[C@H]3[C@@H]4CC[C@H]([C@H](C)CCCC(C)C)[C@@]4(C)CC[C@@H]32)C1. The number of carbonyl (C=O) groups excluding carboxylic acids is 1.